The molecule has 4 nitrogen and oxygen atoms in total. The number of aromatic nitrogens is 1. The van der Waals surface area contributed by atoms with E-state index in [0.29, 0.717) is 12.2 Å². The largest absolute Gasteiger partial charge is 0.385 e. The molecular formula is C12H19N3O. The van der Waals surface area contributed by atoms with Crippen LogP contribution in [0.1, 0.15) is 30.4 Å². The van der Waals surface area contributed by atoms with E-state index in [1.807, 2.05) is 13.0 Å². The molecule has 2 rings (SSSR count). The van der Waals surface area contributed by atoms with Crippen LogP contribution >= 0.6 is 0 Å². The quantitative estimate of drug-likeness (QED) is 0.660. The molecule has 0 aromatic carbocycles. The normalized spacial score (nSPS) is 26.4. The van der Waals surface area contributed by atoms with Gasteiger partial charge in [-0.25, -0.2) is 4.98 Å². The van der Waals surface area contributed by atoms with E-state index in [9.17, 15) is 5.11 Å². The number of hydrogen-bond donors (Lipinski definition) is 3. The highest BCUT2D eigenvalue weighted by atomic mass is 16.3. The lowest BCUT2D eigenvalue weighted by Gasteiger charge is -2.29. The molecule has 0 aliphatic carbocycles. The van der Waals surface area contributed by atoms with E-state index in [-0.39, 0.29) is 0 Å². The van der Waals surface area contributed by atoms with Crippen LogP contribution in [0.2, 0.25) is 0 Å². The summed E-state index contributed by atoms with van der Waals surface area (Å²) >= 11 is 0. The lowest BCUT2D eigenvalue weighted by atomic mass is 9.84. The van der Waals surface area contributed by atoms with Crippen LogP contribution in [0, 0.1) is 6.92 Å². The van der Waals surface area contributed by atoms with E-state index in [4.69, 9.17) is 5.73 Å². The molecule has 88 valence electrons. The van der Waals surface area contributed by atoms with Crippen molar-refractivity contribution in [2.24, 2.45) is 0 Å². The number of nitrogens with one attached hydrogen (secondary N) is 1. The third-order valence-corrected chi connectivity index (χ3v) is 3.31. The zero-order valence-corrected chi connectivity index (χ0v) is 9.66. The van der Waals surface area contributed by atoms with E-state index in [2.05, 4.69) is 10.3 Å². The second-order valence-corrected chi connectivity index (χ2v) is 4.52. The van der Waals surface area contributed by atoms with Gasteiger partial charge in [0.25, 0.3) is 0 Å². The molecule has 1 aromatic heterocycles. The highest BCUT2D eigenvalue weighted by molar-refractivity contribution is 5.47. The second kappa shape index (κ2) is 4.39. The minimum atomic E-state index is -0.814. The predicted octanol–water partition coefficient (Wildman–Crippen LogP) is 0.933. The van der Waals surface area contributed by atoms with Crippen LogP contribution in [0.25, 0.3) is 0 Å². The van der Waals surface area contributed by atoms with Gasteiger partial charge in [-0.3, -0.25) is 0 Å². The van der Waals surface area contributed by atoms with Gasteiger partial charge in [0.2, 0.25) is 0 Å². The molecule has 0 bridgehead atoms. The van der Waals surface area contributed by atoms with E-state index < -0.39 is 5.60 Å². The molecule has 4 heteroatoms. The molecule has 1 saturated heterocycles. The summed E-state index contributed by atoms with van der Waals surface area (Å²) in [6.45, 7) is 3.76. The number of aliphatic hydroxyl groups is 1. The third kappa shape index (κ3) is 2.03. The first-order valence-corrected chi connectivity index (χ1v) is 5.78. The minimum Gasteiger partial charge on any atom is -0.385 e. The van der Waals surface area contributed by atoms with Crippen LogP contribution in [0.15, 0.2) is 12.3 Å². The summed E-state index contributed by atoms with van der Waals surface area (Å²) in [5, 5.41) is 14.0. The Morgan fingerprint density at radius 3 is 3.00 bits per heavy atom. The first-order chi connectivity index (χ1) is 7.63. The van der Waals surface area contributed by atoms with E-state index >= 15 is 0 Å². The summed E-state index contributed by atoms with van der Waals surface area (Å²) in [5.74, 6) is 0.462. The third-order valence-electron chi connectivity index (χ3n) is 3.31. The van der Waals surface area contributed by atoms with Gasteiger partial charge in [0.05, 0.1) is 5.60 Å². The smallest absolute Gasteiger partial charge is 0.129 e. The summed E-state index contributed by atoms with van der Waals surface area (Å²) in [6, 6.07) is 1.90. The fourth-order valence-electron chi connectivity index (χ4n) is 2.49. The maximum absolute atomic E-state index is 10.7. The van der Waals surface area contributed by atoms with Gasteiger partial charge in [-0.1, -0.05) is 0 Å². The van der Waals surface area contributed by atoms with Gasteiger partial charge < -0.3 is 16.2 Å². The molecule has 1 aromatic rings. The van der Waals surface area contributed by atoms with Crippen molar-refractivity contribution in [2.75, 3.05) is 18.8 Å². The molecule has 1 unspecified atom stereocenters. The van der Waals surface area contributed by atoms with Crippen molar-refractivity contribution in [1.82, 2.24) is 10.3 Å². The Morgan fingerprint density at radius 1 is 1.44 bits per heavy atom. The van der Waals surface area contributed by atoms with Crippen LogP contribution in [0.4, 0.5) is 5.82 Å². The number of aryl methyl sites for hydroxylation is 1. The second-order valence-electron chi connectivity index (χ2n) is 4.52. The fraction of sp³-hybridized carbons (Fsp3) is 0.583. The SMILES string of the molecule is Cc1ccnc(N)c1C1(O)CCCNCC1. The number of anilines is 1. The van der Waals surface area contributed by atoms with Gasteiger partial charge in [0, 0.05) is 11.8 Å². The van der Waals surface area contributed by atoms with Crippen LogP contribution in [-0.4, -0.2) is 23.2 Å². The summed E-state index contributed by atoms with van der Waals surface area (Å²) in [4.78, 5) is 4.09. The average Bonchev–Trinajstić information content (AvgIpc) is 2.43. The highest BCUT2D eigenvalue weighted by Crippen LogP contribution is 2.35. The maximum Gasteiger partial charge on any atom is 0.129 e. The van der Waals surface area contributed by atoms with Crippen molar-refractivity contribution in [2.45, 2.75) is 31.8 Å². The van der Waals surface area contributed by atoms with E-state index in [1.165, 1.54) is 0 Å². The predicted molar refractivity (Wildman–Crippen MR) is 64.0 cm³/mol. The number of nitrogens with two attached hydrogens (primary N) is 1. The zero-order chi connectivity index (χ0) is 11.6. The lowest BCUT2D eigenvalue weighted by molar-refractivity contribution is 0.0239. The highest BCUT2D eigenvalue weighted by Gasteiger charge is 2.33. The lowest BCUT2D eigenvalue weighted by Crippen LogP contribution is -2.29. The van der Waals surface area contributed by atoms with Gasteiger partial charge in [-0.2, -0.15) is 0 Å². The van der Waals surface area contributed by atoms with Gasteiger partial charge >= 0.3 is 0 Å². The van der Waals surface area contributed by atoms with Gasteiger partial charge in [-0.15, -0.1) is 0 Å². The van der Waals surface area contributed by atoms with Crippen molar-refractivity contribution < 1.29 is 5.11 Å². The topological polar surface area (TPSA) is 71.2 Å². The Hall–Kier alpha value is -1.13. The number of hydrogen-bond acceptors (Lipinski definition) is 4. The molecule has 4 N–H and O–H groups in total. The van der Waals surface area contributed by atoms with Crippen LogP contribution in [0.5, 0.6) is 0 Å². The molecule has 0 amide bonds. The standard InChI is InChI=1S/C12H19N3O/c1-9-3-7-15-11(13)10(9)12(16)4-2-6-14-8-5-12/h3,7,14,16H,2,4-6,8H2,1H3,(H2,13,15). The molecule has 1 atom stereocenters. The van der Waals surface area contributed by atoms with Gasteiger partial charge in [0.15, 0.2) is 0 Å². The average molecular weight is 221 g/mol. The van der Waals surface area contributed by atoms with Crippen LogP contribution < -0.4 is 11.1 Å². The molecule has 16 heavy (non-hydrogen) atoms. The zero-order valence-electron chi connectivity index (χ0n) is 9.66. The first kappa shape index (κ1) is 11.4. The Labute approximate surface area is 95.9 Å². The Kier molecular flexibility index (Phi) is 3.12. The fourth-order valence-corrected chi connectivity index (χ4v) is 2.49. The summed E-state index contributed by atoms with van der Waals surface area (Å²) < 4.78 is 0. The molecule has 1 aliphatic rings. The Balaban J connectivity index is 2.40. The van der Waals surface area contributed by atoms with Crippen LogP contribution in [0.3, 0.4) is 0 Å². The van der Waals surface area contributed by atoms with Crippen molar-refractivity contribution in [3.8, 4) is 0 Å². The monoisotopic (exact) mass is 221 g/mol. The number of rotatable bonds is 1. The Morgan fingerprint density at radius 2 is 2.25 bits per heavy atom. The molecular weight excluding hydrogens is 202 g/mol. The van der Waals surface area contributed by atoms with Crippen LogP contribution in [-0.2, 0) is 5.60 Å². The van der Waals surface area contributed by atoms with E-state index in [0.717, 1.165) is 37.1 Å². The Bertz CT molecular complexity index is 350. The number of pyridine rings is 1. The molecule has 0 radical (unpaired) electrons. The maximum atomic E-state index is 10.7. The first-order valence-electron chi connectivity index (χ1n) is 5.78. The summed E-state index contributed by atoms with van der Waals surface area (Å²) in [5.41, 5.74) is 6.93. The number of nitrogens with zero attached hydrogens (tertiary/aromatic N) is 1. The number of nitrogen functional groups attached to an aromatic ring is 1. The molecule has 2 heterocycles. The molecule has 0 spiro atoms. The molecule has 1 fully saturated rings. The van der Waals surface area contributed by atoms with Crippen molar-refractivity contribution >= 4 is 5.82 Å². The molecule has 0 saturated carbocycles. The van der Waals surface area contributed by atoms with Gasteiger partial charge in [0.1, 0.15) is 5.82 Å². The summed E-state index contributed by atoms with van der Waals surface area (Å²) in [6.07, 6.45) is 4.09. The van der Waals surface area contributed by atoms with Crippen molar-refractivity contribution in [3.05, 3.63) is 23.4 Å². The van der Waals surface area contributed by atoms with Crippen molar-refractivity contribution in [3.63, 3.8) is 0 Å². The minimum absolute atomic E-state index is 0.462. The van der Waals surface area contributed by atoms with Gasteiger partial charge in [-0.05, 0) is 50.9 Å². The van der Waals surface area contributed by atoms with E-state index in [1.54, 1.807) is 6.20 Å². The summed E-state index contributed by atoms with van der Waals surface area (Å²) in [7, 11) is 0. The van der Waals surface area contributed by atoms with Crippen molar-refractivity contribution in [1.29, 1.82) is 0 Å². The molecule has 1 aliphatic heterocycles.